The first-order valence-electron chi connectivity index (χ1n) is 5.19. The topological polar surface area (TPSA) is 61.0 Å². The molecule has 1 saturated heterocycles. The van der Waals surface area contributed by atoms with Crippen molar-refractivity contribution in [1.82, 2.24) is 9.97 Å². The average molecular weight is 223 g/mol. The molecule has 0 bridgehead atoms. The normalized spacial score (nSPS) is 24.4. The van der Waals surface area contributed by atoms with Crippen molar-refractivity contribution < 1.29 is 4.74 Å². The van der Waals surface area contributed by atoms with E-state index in [1.54, 1.807) is 0 Å². The van der Waals surface area contributed by atoms with Gasteiger partial charge in [-0.05, 0) is 12.8 Å². The number of hydrogen-bond acceptors (Lipinski definition) is 5. The maximum absolute atomic E-state index is 5.92. The monoisotopic (exact) mass is 223 g/mol. The van der Waals surface area contributed by atoms with Gasteiger partial charge in [-0.3, -0.25) is 0 Å². The first kappa shape index (κ1) is 9.42. The highest BCUT2D eigenvalue weighted by atomic mass is 32.2. The molecule has 2 aliphatic heterocycles. The summed E-state index contributed by atoms with van der Waals surface area (Å²) >= 11 is 1.84. The van der Waals surface area contributed by atoms with Crippen LogP contribution in [0.5, 0.6) is 0 Å². The van der Waals surface area contributed by atoms with Gasteiger partial charge < -0.3 is 10.5 Å². The lowest BCUT2D eigenvalue weighted by Crippen LogP contribution is -2.09. The standard InChI is InChI=1S/C10H13N3OS/c11-9-6-4-15-5-7(6)12-10(13-9)8-2-1-3-14-8/h8H,1-5H2,(H2,11,12,13). The molecular weight excluding hydrogens is 210 g/mol. The zero-order valence-electron chi connectivity index (χ0n) is 8.40. The van der Waals surface area contributed by atoms with Crippen LogP contribution < -0.4 is 5.73 Å². The molecule has 3 rings (SSSR count). The van der Waals surface area contributed by atoms with Gasteiger partial charge in [-0.25, -0.2) is 9.97 Å². The van der Waals surface area contributed by atoms with Gasteiger partial charge in [0.1, 0.15) is 11.9 Å². The van der Waals surface area contributed by atoms with Gasteiger partial charge in [-0.2, -0.15) is 11.8 Å². The van der Waals surface area contributed by atoms with E-state index in [1.165, 1.54) is 0 Å². The van der Waals surface area contributed by atoms with Crippen LogP contribution in [0.4, 0.5) is 5.82 Å². The van der Waals surface area contributed by atoms with Crippen molar-refractivity contribution in [3.8, 4) is 0 Å². The van der Waals surface area contributed by atoms with Gasteiger partial charge in [0.15, 0.2) is 5.82 Å². The van der Waals surface area contributed by atoms with E-state index in [4.69, 9.17) is 10.5 Å². The van der Waals surface area contributed by atoms with Crippen LogP contribution in [0.1, 0.15) is 36.0 Å². The summed E-state index contributed by atoms with van der Waals surface area (Å²) in [6, 6.07) is 0. The van der Waals surface area contributed by atoms with Gasteiger partial charge in [0, 0.05) is 23.7 Å². The third-order valence-corrected chi connectivity index (χ3v) is 3.82. The van der Waals surface area contributed by atoms with Crippen molar-refractivity contribution >= 4 is 17.6 Å². The SMILES string of the molecule is Nc1nc(C2CCCO2)nc2c1CSC2. The van der Waals surface area contributed by atoms with Gasteiger partial charge in [0.25, 0.3) is 0 Å². The minimum Gasteiger partial charge on any atom is -0.383 e. The molecule has 4 nitrogen and oxygen atoms in total. The Morgan fingerprint density at radius 3 is 3.07 bits per heavy atom. The maximum atomic E-state index is 5.92. The first-order valence-corrected chi connectivity index (χ1v) is 6.34. The Morgan fingerprint density at radius 1 is 1.33 bits per heavy atom. The van der Waals surface area contributed by atoms with Gasteiger partial charge in [0.2, 0.25) is 0 Å². The van der Waals surface area contributed by atoms with E-state index in [9.17, 15) is 0 Å². The largest absolute Gasteiger partial charge is 0.383 e. The van der Waals surface area contributed by atoms with E-state index in [1.807, 2.05) is 11.8 Å². The Labute approximate surface area is 92.6 Å². The van der Waals surface area contributed by atoms with E-state index in [0.717, 1.165) is 48.0 Å². The molecule has 1 unspecified atom stereocenters. The highest BCUT2D eigenvalue weighted by Crippen LogP contribution is 2.34. The van der Waals surface area contributed by atoms with Crippen molar-refractivity contribution in [2.24, 2.45) is 0 Å². The molecule has 1 atom stereocenters. The van der Waals surface area contributed by atoms with Gasteiger partial charge in [-0.15, -0.1) is 0 Å². The van der Waals surface area contributed by atoms with Gasteiger partial charge in [0.05, 0.1) is 5.69 Å². The lowest BCUT2D eigenvalue weighted by atomic mass is 10.2. The number of nitrogens with two attached hydrogens (primary N) is 1. The molecule has 2 aliphatic rings. The summed E-state index contributed by atoms with van der Waals surface area (Å²) in [5.74, 6) is 3.34. The molecule has 0 radical (unpaired) electrons. The summed E-state index contributed by atoms with van der Waals surface area (Å²) in [5, 5.41) is 0. The van der Waals surface area contributed by atoms with Crippen molar-refractivity contribution in [1.29, 1.82) is 0 Å². The molecule has 1 fully saturated rings. The van der Waals surface area contributed by atoms with E-state index >= 15 is 0 Å². The van der Waals surface area contributed by atoms with Gasteiger partial charge >= 0.3 is 0 Å². The fourth-order valence-electron chi connectivity index (χ4n) is 2.02. The Bertz CT molecular complexity index is 390. The van der Waals surface area contributed by atoms with E-state index < -0.39 is 0 Å². The van der Waals surface area contributed by atoms with Crippen LogP contribution in [0.3, 0.4) is 0 Å². The van der Waals surface area contributed by atoms with Crippen LogP contribution in [0.15, 0.2) is 0 Å². The zero-order valence-corrected chi connectivity index (χ0v) is 9.22. The number of ether oxygens (including phenoxy) is 1. The predicted molar refractivity (Wildman–Crippen MR) is 59.4 cm³/mol. The van der Waals surface area contributed by atoms with E-state index in [0.29, 0.717) is 5.82 Å². The van der Waals surface area contributed by atoms with Crippen LogP contribution in [0.25, 0.3) is 0 Å². The van der Waals surface area contributed by atoms with Gasteiger partial charge in [-0.1, -0.05) is 0 Å². The minimum atomic E-state index is 0.0724. The van der Waals surface area contributed by atoms with Crippen molar-refractivity contribution in [2.45, 2.75) is 30.5 Å². The zero-order chi connectivity index (χ0) is 10.3. The van der Waals surface area contributed by atoms with Crippen LogP contribution in [-0.4, -0.2) is 16.6 Å². The highest BCUT2D eigenvalue weighted by molar-refractivity contribution is 7.98. The molecule has 2 N–H and O–H groups in total. The maximum Gasteiger partial charge on any atom is 0.159 e. The van der Waals surface area contributed by atoms with Crippen molar-refractivity contribution in [3.05, 3.63) is 17.1 Å². The van der Waals surface area contributed by atoms with Crippen LogP contribution in [0.2, 0.25) is 0 Å². The molecule has 3 heterocycles. The first-order chi connectivity index (χ1) is 7.34. The molecule has 0 aliphatic carbocycles. The Hall–Kier alpha value is -0.810. The molecule has 0 amide bonds. The second kappa shape index (κ2) is 3.64. The third kappa shape index (κ3) is 1.59. The third-order valence-electron chi connectivity index (χ3n) is 2.84. The highest BCUT2D eigenvalue weighted by Gasteiger charge is 2.24. The summed E-state index contributed by atoms with van der Waals surface area (Å²) in [7, 11) is 0. The fourth-order valence-corrected chi connectivity index (χ4v) is 3.07. The second-order valence-corrected chi connectivity index (χ2v) is 4.87. The molecule has 0 aromatic carbocycles. The number of nitrogens with zero attached hydrogens (tertiary/aromatic N) is 2. The average Bonchev–Trinajstić information content (AvgIpc) is 2.88. The summed E-state index contributed by atoms with van der Waals surface area (Å²) in [6.45, 7) is 0.819. The van der Waals surface area contributed by atoms with Crippen LogP contribution in [0, 0.1) is 0 Å². The molecule has 15 heavy (non-hydrogen) atoms. The number of thioether (sulfide) groups is 1. The summed E-state index contributed by atoms with van der Waals surface area (Å²) in [5.41, 5.74) is 8.16. The van der Waals surface area contributed by atoms with Crippen LogP contribution in [-0.2, 0) is 16.2 Å². The summed E-state index contributed by atoms with van der Waals surface area (Å²) < 4.78 is 5.57. The number of fused-ring (bicyclic) bond motifs is 1. The molecule has 1 aromatic rings. The fraction of sp³-hybridized carbons (Fsp3) is 0.600. The number of nitrogen functional groups attached to an aromatic ring is 1. The summed E-state index contributed by atoms with van der Waals surface area (Å²) in [6.07, 6.45) is 2.19. The Kier molecular flexibility index (Phi) is 2.29. The Morgan fingerprint density at radius 2 is 2.27 bits per heavy atom. The number of rotatable bonds is 1. The molecule has 1 aromatic heterocycles. The number of anilines is 1. The van der Waals surface area contributed by atoms with E-state index in [2.05, 4.69) is 9.97 Å². The molecule has 0 saturated carbocycles. The van der Waals surface area contributed by atoms with Crippen molar-refractivity contribution in [2.75, 3.05) is 12.3 Å². The number of hydrogen-bond donors (Lipinski definition) is 1. The molecule has 5 heteroatoms. The number of aromatic nitrogens is 2. The Balaban J connectivity index is 1.99. The molecule has 0 spiro atoms. The second-order valence-electron chi connectivity index (χ2n) is 3.89. The quantitative estimate of drug-likeness (QED) is 0.784. The van der Waals surface area contributed by atoms with Crippen LogP contribution >= 0.6 is 11.8 Å². The lowest BCUT2D eigenvalue weighted by Gasteiger charge is -2.10. The molecule has 80 valence electrons. The predicted octanol–water partition coefficient (Wildman–Crippen LogP) is 1.66. The van der Waals surface area contributed by atoms with E-state index in [-0.39, 0.29) is 6.10 Å². The summed E-state index contributed by atoms with van der Waals surface area (Å²) in [4.78, 5) is 8.91. The smallest absolute Gasteiger partial charge is 0.159 e. The minimum absolute atomic E-state index is 0.0724. The molecular formula is C10H13N3OS. The van der Waals surface area contributed by atoms with Crippen molar-refractivity contribution in [3.63, 3.8) is 0 Å². The lowest BCUT2D eigenvalue weighted by molar-refractivity contribution is 0.105.